The van der Waals surface area contributed by atoms with E-state index < -0.39 is 30.4 Å². The summed E-state index contributed by atoms with van der Waals surface area (Å²) in [5.74, 6) is -2.23. The second-order valence-electron chi connectivity index (χ2n) is 6.30. The Hall–Kier alpha value is -2.48. The third-order valence-corrected chi connectivity index (χ3v) is 4.30. The number of amides is 4. The van der Waals surface area contributed by atoms with Crippen molar-refractivity contribution in [1.82, 2.24) is 14.4 Å². The number of imide groups is 2. The van der Waals surface area contributed by atoms with E-state index in [0.29, 0.717) is 23.6 Å². The molecule has 0 aromatic carbocycles. The lowest BCUT2D eigenvalue weighted by molar-refractivity contribution is -0.143. The van der Waals surface area contributed by atoms with Crippen molar-refractivity contribution in [3.63, 3.8) is 0 Å². The average molecular weight is 349 g/mol. The van der Waals surface area contributed by atoms with Gasteiger partial charge < -0.3 is 9.30 Å². The summed E-state index contributed by atoms with van der Waals surface area (Å²) in [7, 11) is 1.60. The van der Waals surface area contributed by atoms with Crippen LogP contribution < -0.4 is 0 Å². The lowest BCUT2D eigenvalue weighted by Gasteiger charge is -2.18. The number of carbonyl (C=O) groups excluding carboxylic acids is 4. The molecule has 2 rings (SSSR count). The summed E-state index contributed by atoms with van der Waals surface area (Å²) < 4.78 is 7.00. The molecule has 8 heteroatoms. The van der Waals surface area contributed by atoms with Gasteiger partial charge in [-0.25, -0.2) is 9.69 Å². The van der Waals surface area contributed by atoms with Gasteiger partial charge >= 0.3 is 17.8 Å². The quantitative estimate of drug-likeness (QED) is 0.418. The van der Waals surface area contributed by atoms with Crippen molar-refractivity contribution in [3.05, 3.63) is 23.0 Å². The number of methoxy groups -OCH3 is 1. The van der Waals surface area contributed by atoms with E-state index in [9.17, 15) is 19.2 Å². The summed E-state index contributed by atoms with van der Waals surface area (Å²) in [5.41, 5.74) is 2.06. The number of ether oxygens (including phenoxy) is 1. The van der Waals surface area contributed by atoms with Crippen molar-refractivity contribution in [2.75, 3.05) is 20.3 Å². The first kappa shape index (κ1) is 18.9. The van der Waals surface area contributed by atoms with Crippen LogP contribution in [0.25, 0.3) is 0 Å². The van der Waals surface area contributed by atoms with E-state index in [2.05, 4.69) is 0 Å². The number of ketones is 1. The van der Waals surface area contributed by atoms with E-state index in [-0.39, 0.29) is 5.78 Å². The number of aryl methyl sites for hydroxylation is 1. The Bertz CT molecular complexity index is 735. The van der Waals surface area contributed by atoms with Crippen LogP contribution in [0.15, 0.2) is 6.07 Å². The lowest BCUT2D eigenvalue weighted by Crippen LogP contribution is -2.39. The molecule has 1 saturated heterocycles. The molecular formula is C17H23N3O5. The molecule has 25 heavy (non-hydrogen) atoms. The molecule has 0 spiro atoms. The number of hydrogen-bond donors (Lipinski definition) is 0. The van der Waals surface area contributed by atoms with Gasteiger partial charge in [0.15, 0.2) is 5.78 Å². The van der Waals surface area contributed by atoms with Crippen LogP contribution >= 0.6 is 0 Å². The Labute approximate surface area is 146 Å². The second-order valence-corrected chi connectivity index (χ2v) is 6.30. The van der Waals surface area contributed by atoms with E-state index in [0.717, 1.165) is 16.3 Å². The Morgan fingerprint density at radius 1 is 1.16 bits per heavy atom. The SMILES string of the molecule is COCCn1c(C)cc(C(=O)CN2C(=O)C(=O)N(C(C)C)C2=O)c1C. The molecule has 1 aromatic heterocycles. The van der Waals surface area contributed by atoms with Crippen molar-refractivity contribution in [1.29, 1.82) is 0 Å². The van der Waals surface area contributed by atoms with Crippen LogP contribution in [0.5, 0.6) is 0 Å². The Morgan fingerprint density at radius 3 is 2.32 bits per heavy atom. The number of aromatic nitrogens is 1. The summed E-state index contributed by atoms with van der Waals surface area (Å²) in [5, 5.41) is 0. The fraction of sp³-hybridized carbons (Fsp3) is 0.529. The number of Topliss-reactive ketones (excluding diaryl/α,β-unsaturated/α-hetero) is 1. The first-order chi connectivity index (χ1) is 11.7. The molecule has 0 saturated carbocycles. The van der Waals surface area contributed by atoms with Crippen molar-refractivity contribution in [2.45, 2.75) is 40.3 Å². The summed E-state index contributed by atoms with van der Waals surface area (Å²) >= 11 is 0. The molecular weight excluding hydrogens is 326 g/mol. The van der Waals surface area contributed by atoms with Crippen molar-refractivity contribution in [2.24, 2.45) is 0 Å². The molecule has 0 atom stereocenters. The van der Waals surface area contributed by atoms with Gasteiger partial charge in [0, 0.05) is 36.6 Å². The van der Waals surface area contributed by atoms with Crippen molar-refractivity contribution in [3.8, 4) is 0 Å². The highest BCUT2D eigenvalue weighted by molar-refractivity contribution is 6.45. The predicted molar refractivity (Wildman–Crippen MR) is 89.2 cm³/mol. The normalized spacial score (nSPS) is 15.0. The van der Waals surface area contributed by atoms with E-state index in [1.807, 2.05) is 11.5 Å². The van der Waals surface area contributed by atoms with Crippen LogP contribution in [-0.2, 0) is 20.9 Å². The average Bonchev–Trinajstić information content (AvgIpc) is 2.94. The molecule has 1 aliphatic heterocycles. The Balaban J connectivity index is 2.22. The van der Waals surface area contributed by atoms with E-state index in [1.54, 1.807) is 33.9 Å². The second kappa shape index (κ2) is 7.18. The highest BCUT2D eigenvalue weighted by atomic mass is 16.5. The van der Waals surface area contributed by atoms with Gasteiger partial charge in [0.1, 0.15) is 0 Å². The molecule has 8 nitrogen and oxygen atoms in total. The van der Waals surface area contributed by atoms with Crippen LogP contribution in [0.4, 0.5) is 4.79 Å². The van der Waals surface area contributed by atoms with Gasteiger partial charge in [-0.1, -0.05) is 0 Å². The zero-order valence-electron chi connectivity index (χ0n) is 15.2. The molecule has 136 valence electrons. The maximum absolute atomic E-state index is 12.6. The molecule has 0 bridgehead atoms. The number of nitrogens with zero attached hydrogens (tertiary/aromatic N) is 3. The van der Waals surface area contributed by atoms with Crippen LogP contribution in [0.1, 0.15) is 35.6 Å². The smallest absolute Gasteiger partial charge is 0.334 e. The van der Waals surface area contributed by atoms with Crippen LogP contribution in [0, 0.1) is 13.8 Å². The van der Waals surface area contributed by atoms with Crippen molar-refractivity contribution >= 4 is 23.6 Å². The minimum atomic E-state index is -0.958. The van der Waals surface area contributed by atoms with E-state index in [4.69, 9.17) is 4.74 Å². The van der Waals surface area contributed by atoms with Gasteiger partial charge in [0.25, 0.3) is 0 Å². The van der Waals surface area contributed by atoms with Crippen LogP contribution in [0.3, 0.4) is 0 Å². The number of hydrogen-bond acceptors (Lipinski definition) is 5. The third-order valence-electron chi connectivity index (χ3n) is 4.30. The Kier molecular flexibility index (Phi) is 5.42. The fourth-order valence-electron chi connectivity index (χ4n) is 2.96. The third kappa shape index (κ3) is 3.34. The molecule has 1 fully saturated rings. The summed E-state index contributed by atoms with van der Waals surface area (Å²) in [6.45, 7) is 7.61. The highest BCUT2D eigenvalue weighted by Crippen LogP contribution is 2.19. The largest absolute Gasteiger partial charge is 0.383 e. The highest BCUT2D eigenvalue weighted by Gasteiger charge is 2.46. The van der Waals surface area contributed by atoms with Gasteiger partial charge in [0.05, 0.1) is 13.2 Å². The minimum absolute atomic E-state index is 0.378. The van der Waals surface area contributed by atoms with E-state index in [1.165, 1.54) is 0 Å². The zero-order valence-corrected chi connectivity index (χ0v) is 15.2. The standard InChI is InChI=1S/C17H23N3O5/c1-10(2)20-16(23)15(22)19(17(20)24)9-14(21)13-8-11(3)18(12(13)4)6-7-25-5/h8,10H,6-7,9H2,1-5H3. The first-order valence-electron chi connectivity index (χ1n) is 8.08. The molecule has 0 N–H and O–H groups in total. The summed E-state index contributed by atoms with van der Waals surface area (Å²) in [6.07, 6.45) is 0. The number of urea groups is 1. The van der Waals surface area contributed by atoms with Gasteiger partial charge in [-0.3, -0.25) is 19.3 Å². The fourth-order valence-corrected chi connectivity index (χ4v) is 2.96. The van der Waals surface area contributed by atoms with E-state index >= 15 is 0 Å². The predicted octanol–water partition coefficient (Wildman–Crippen LogP) is 1.13. The molecule has 4 amide bonds. The molecule has 2 heterocycles. The van der Waals surface area contributed by atoms with Crippen LogP contribution in [0.2, 0.25) is 0 Å². The monoisotopic (exact) mass is 349 g/mol. The van der Waals surface area contributed by atoms with Gasteiger partial charge in [-0.2, -0.15) is 0 Å². The minimum Gasteiger partial charge on any atom is -0.383 e. The molecule has 0 radical (unpaired) electrons. The first-order valence-corrected chi connectivity index (χ1v) is 8.08. The maximum Gasteiger partial charge on any atom is 0.334 e. The topological polar surface area (TPSA) is 88.9 Å². The van der Waals surface area contributed by atoms with Crippen molar-refractivity contribution < 1.29 is 23.9 Å². The number of rotatable bonds is 7. The van der Waals surface area contributed by atoms with Gasteiger partial charge in [-0.15, -0.1) is 0 Å². The van der Waals surface area contributed by atoms with Gasteiger partial charge in [-0.05, 0) is 33.8 Å². The molecule has 1 aromatic rings. The van der Waals surface area contributed by atoms with Gasteiger partial charge in [0.2, 0.25) is 0 Å². The lowest BCUT2D eigenvalue weighted by atomic mass is 10.1. The Morgan fingerprint density at radius 2 is 1.80 bits per heavy atom. The maximum atomic E-state index is 12.6. The van der Waals surface area contributed by atoms with Crippen LogP contribution in [-0.4, -0.2) is 64.3 Å². The number of carbonyl (C=O) groups is 4. The molecule has 0 aliphatic carbocycles. The molecule has 0 unspecified atom stereocenters. The summed E-state index contributed by atoms with van der Waals surface area (Å²) in [6, 6.07) is 0.537. The zero-order chi connectivity index (χ0) is 18.9. The molecule has 1 aliphatic rings. The summed E-state index contributed by atoms with van der Waals surface area (Å²) in [4.78, 5) is 50.4.